The van der Waals surface area contributed by atoms with Crippen molar-refractivity contribution in [2.24, 2.45) is 0 Å². The van der Waals surface area contributed by atoms with Gasteiger partial charge in [-0.3, -0.25) is 4.79 Å². The van der Waals surface area contributed by atoms with Crippen molar-refractivity contribution in [1.82, 2.24) is 10.6 Å². The minimum Gasteiger partial charge on any atom is -0.467 e. The molecule has 0 spiro atoms. The maximum atomic E-state index is 13.2. The Morgan fingerprint density at radius 3 is 1.34 bits per heavy atom. The Kier molecular flexibility index (Phi) is 14.6. The van der Waals surface area contributed by atoms with Gasteiger partial charge < -0.3 is 24.8 Å². The van der Waals surface area contributed by atoms with Crippen LogP contribution in [-0.4, -0.2) is 60.2 Å². The van der Waals surface area contributed by atoms with E-state index >= 15 is 0 Å². The van der Waals surface area contributed by atoms with Gasteiger partial charge in [-0.15, -0.1) is 11.6 Å². The smallest absolute Gasteiger partial charge is 0.408 e. The standard InChI is InChI=1S/C15H18ClF2NO3.C15H19F2NO4/c1-15(2,3)22-14(21)19-12(13(20)8-16)6-9-4-10(17)7-11(18)5-9;1-15(2,3)22-14(20)18-12(13(19)21-4)7-9-5-10(16)8-11(17)6-9/h4-5,7,12H,6,8H2,1-3H3,(H,19,21);5-6,8,12H,7H2,1-4H3,(H,18,20)/t2*12-/m00/s1. The highest BCUT2D eigenvalue weighted by Crippen LogP contribution is 2.14. The van der Waals surface area contributed by atoms with E-state index < -0.39 is 70.5 Å². The van der Waals surface area contributed by atoms with Crippen LogP contribution < -0.4 is 10.6 Å². The number of Topliss-reactive ketones (excluding diaryl/α,β-unsaturated/α-hetero) is 1. The quantitative estimate of drug-likeness (QED) is 0.153. The lowest BCUT2D eigenvalue weighted by Gasteiger charge is -2.23. The molecule has 0 aliphatic carbocycles. The molecule has 2 rings (SSSR count). The van der Waals surface area contributed by atoms with Crippen LogP contribution in [0.4, 0.5) is 27.2 Å². The van der Waals surface area contributed by atoms with Gasteiger partial charge in [-0.2, -0.15) is 0 Å². The summed E-state index contributed by atoms with van der Waals surface area (Å²) in [7, 11) is 1.15. The summed E-state index contributed by atoms with van der Waals surface area (Å²) >= 11 is 5.50. The minimum absolute atomic E-state index is 0.0839. The van der Waals surface area contributed by atoms with Gasteiger partial charge in [0.15, 0.2) is 5.78 Å². The molecular weight excluding hydrogens is 612 g/mol. The Morgan fingerprint density at radius 1 is 0.682 bits per heavy atom. The molecule has 0 saturated heterocycles. The first-order valence-corrected chi connectivity index (χ1v) is 13.8. The molecule has 0 bridgehead atoms. The fraction of sp³-hybridized carbons (Fsp3) is 0.467. The normalized spacial score (nSPS) is 12.5. The summed E-state index contributed by atoms with van der Waals surface area (Å²) in [6.45, 7) is 10.0. The fourth-order valence-electron chi connectivity index (χ4n) is 3.50. The number of ether oxygens (including phenoxy) is 3. The second-order valence-electron chi connectivity index (χ2n) is 11.5. The second-order valence-corrected chi connectivity index (χ2v) is 11.8. The molecule has 244 valence electrons. The van der Waals surface area contributed by atoms with Crippen molar-refractivity contribution in [3.63, 3.8) is 0 Å². The lowest BCUT2D eigenvalue weighted by atomic mass is 10.0. The Bertz CT molecular complexity index is 1170. The molecule has 0 fully saturated rings. The van der Waals surface area contributed by atoms with Gasteiger partial charge in [0.05, 0.1) is 19.0 Å². The minimum atomic E-state index is -1.11. The van der Waals surface area contributed by atoms with E-state index in [9.17, 15) is 36.7 Å². The number of benzene rings is 2. The molecular formula is C30H37ClF4N2O7. The molecule has 0 saturated carbocycles. The van der Waals surface area contributed by atoms with Crippen LogP contribution in [-0.2, 0) is 36.6 Å². The van der Waals surface area contributed by atoms with Crippen molar-refractivity contribution in [3.8, 4) is 0 Å². The van der Waals surface area contributed by atoms with Crippen molar-refractivity contribution in [2.45, 2.75) is 77.7 Å². The lowest BCUT2D eigenvalue weighted by molar-refractivity contribution is -0.143. The predicted molar refractivity (Wildman–Crippen MR) is 154 cm³/mol. The number of nitrogens with one attached hydrogen (secondary N) is 2. The monoisotopic (exact) mass is 648 g/mol. The Labute approximate surface area is 258 Å². The van der Waals surface area contributed by atoms with E-state index in [1.54, 1.807) is 41.5 Å². The zero-order chi connectivity index (χ0) is 33.8. The summed E-state index contributed by atoms with van der Waals surface area (Å²) in [4.78, 5) is 47.0. The molecule has 2 N–H and O–H groups in total. The Morgan fingerprint density at radius 2 is 1.02 bits per heavy atom. The van der Waals surface area contributed by atoms with Gasteiger partial charge in [0.1, 0.15) is 40.5 Å². The van der Waals surface area contributed by atoms with Crippen LogP contribution in [0.5, 0.6) is 0 Å². The van der Waals surface area contributed by atoms with E-state index in [4.69, 9.17) is 21.1 Å². The van der Waals surface area contributed by atoms with Gasteiger partial charge in [0, 0.05) is 25.0 Å². The third-order valence-corrected chi connectivity index (χ3v) is 5.38. The molecule has 0 aliphatic rings. The van der Waals surface area contributed by atoms with Gasteiger partial charge in [-0.25, -0.2) is 31.9 Å². The summed E-state index contributed by atoms with van der Waals surface area (Å²) in [5.41, 5.74) is -1.03. The number of esters is 1. The highest BCUT2D eigenvalue weighted by atomic mass is 35.5. The van der Waals surface area contributed by atoms with Crippen LogP contribution in [0.1, 0.15) is 52.7 Å². The molecule has 14 heteroatoms. The molecule has 2 aromatic rings. The largest absolute Gasteiger partial charge is 0.467 e. The fourth-order valence-corrected chi connectivity index (χ4v) is 3.69. The van der Waals surface area contributed by atoms with Crippen LogP contribution in [0.2, 0.25) is 0 Å². The van der Waals surface area contributed by atoms with E-state index in [2.05, 4.69) is 15.4 Å². The average molecular weight is 649 g/mol. The van der Waals surface area contributed by atoms with Crippen molar-refractivity contribution in [2.75, 3.05) is 13.0 Å². The zero-order valence-electron chi connectivity index (χ0n) is 25.5. The highest BCUT2D eigenvalue weighted by molar-refractivity contribution is 6.28. The third kappa shape index (κ3) is 15.6. The molecule has 0 radical (unpaired) electrons. The summed E-state index contributed by atoms with van der Waals surface area (Å²) in [5, 5.41) is 4.70. The molecule has 2 atom stereocenters. The molecule has 2 amide bonds. The molecule has 9 nitrogen and oxygen atoms in total. The van der Waals surface area contributed by atoms with Gasteiger partial charge in [-0.1, -0.05) is 0 Å². The van der Waals surface area contributed by atoms with Gasteiger partial charge >= 0.3 is 18.2 Å². The number of alkyl halides is 1. The Balaban J connectivity index is 0.000000440. The summed E-state index contributed by atoms with van der Waals surface area (Å²) < 4.78 is 67.4. The molecule has 0 aliphatic heterocycles. The van der Waals surface area contributed by atoms with E-state index in [-0.39, 0.29) is 29.8 Å². The van der Waals surface area contributed by atoms with E-state index in [0.29, 0.717) is 0 Å². The molecule has 0 heterocycles. The molecule has 2 aromatic carbocycles. The van der Waals surface area contributed by atoms with Crippen LogP contribution in [0.15, 0.2) is 36.4 Å². The first-order valence-electron chi connectivity index (χ1n) is 13.3. The maximum Gasteiger partial charge on any atom is 0.408 e. The predicted octanol–water partition coefficient (Wildman–Crippen LogP) is 5.78. The van der Waals surface area contributed by atoms with Crippen LogP contribution in [0.25, 0.3) is 0 Å². The first kappa shape index (κ1) is 38.2. The summed E-state index contributed by atoms with van der Waals surface area (Å²) in [5.74, 6) is -4.61. The number of hydrogen-bond donors (Lipinski definition) is 2. The van der Waals surface area contributed by atoms with Crippen LogP contribution in [0, 0.1) is 23.3 Å². The second kappa shape index (κ2) is 16.8. The number of methoxy groups -OCH3 is 1. The van der Waals surface area contributed by atoms with Crippen molar-refractivity contribution in [3.05, 3.63) is 70.8 Å². The van der Waals surface area contributed by atoms with Crippen molar-refractivity contribution < 1.29 is 51.0 Å². The van der Waals surface area contributed by atoms with Gasteiger partial charge in [0.25, 0.3) is 0 Å². The highest BCUT2D eigenvalue weighted by Gasteiger charge is 2.26. The number of hydrogen-bond acceptors (Lipinski definition) is 7. The molecule has 44 heavy (non-hydrogen) atoms. The third-order valence-electron chi connectivity index (χ3n) is 5.11. The first-order chi connectivity index (χ1) is 20.2. The topological polar surface area (TPSA) is 120 Å². The van der Waals surface area contributed by atoms with E-state index in [1.165, 1.54) is 0 Å². The number of ketones is 1. The number of carbonyl (C=O) groups excluding carboxylic acids is 4. The number of rotatable bonds is 9. The molecule has 0 unspecified atom stereocenters. The SMILES string of the molecule is CC(C)(C)OC(=O)N[C@@H](Cc1cc(F)cc(F)c1)C(=O)CCl.COC(=O)[C@H](Cc1cc(F)cc(F)c1)NC(=O)OC(C)(C)C. The average Bonchev–Trinajstić information content (AvgIpc) is 2.84. The molecule has 0 aromatic heterocycles. The summed E-state index contributed by atoms with van der Waals surface area (Å²) in [6, 6.07) is 3.66. The van der Waals surface area contributed by atoms with E-state index in [1.807, 2.05) is 0 Å². The Hall–Kier alpha value is -3.87. The number of halogens is 5. The number of amides is 2. The zero-order valence-corrected chi connectivity index (χ0v) is 26.2. The van der Waals surface area contributed by atoms with Crippen molar-refractivity contribution >= 4 is 35.5 Å². The summed E-state index contributed by atoms with van der Waals surface area (Å²) in [6.07, 6.45) is -1.83. The maximum absolute atomic E-state index is 13.2. The number of carbonyl (C=O) groups is 4. The van der Waals surface area contributed by atoms with Crippen molar-refractivity contribution in [1.29, 1.82) is 0 Å². The van der Waals surface area contributed by atoms with Crippen LogP contribution >= 0.6 is 11.6 Å². The van der Waals surface area contributed by atoms with E-state index in [0.717, 1.165) is 43.5 Å². The van der Waals surface area contributed by atoms with Gasteiger partial charge in [-0.05, 0) is 76.9 Å². The van der Waals surface area contributed by atoms with Crippen LogP contribution in [0.3, 0.4) is 0 Å². The lowest BCUT2D eigenvalue weighted by Crippen LogP contribution is -2.45. The van der Waals surface area contributed by atoms with Gasteiger partial charge in [0.2, 0.25) is 0 Å². The number of alkyl carbamates (subject to hydrolysis) is 2.